The van der Waals surface area contributed by atoms with Gasteiger partial charge >= 0.3 is 17.7 Å². The van der Waals surface area contributed by atoms with Gasteiger partial charge in [0, 0.05) is 6.07 Å². The van der Waals surface area contributed by atoms with E-state index in [0.717, 1.165) is 4.90 Å². The number of anilines is 1. The lowest BCUT2D eigenvalue weighted by atomic mass is 10.1. The van der Waals surface area contributed by atoms with Gasteiger partial charge in [-0.25, -0.2) is 20.1 Å². The Kier molecular flexibility index (Phi) is 4.99. The molecule has 1 amide bonds. The highest BCUT2D eigenvalue weighted by Gasteiger charge is 2.75. The molecule has 30 heavy (non-hydrogen) atoms. The summed E-state index contributed by atoms with van der Waals surface area (Å²) in [5, 5.41) is 2.36. The Balaban J connectivity index is 1.83. The fourth-order valence-corrected chi connectivity index (χ4v) is 3.36. The number of rotatable bonds is 5. The van der Waals surface area contributed by atoms with Crippen LogP contribution in [0.3, 0.4) is 0 Å². The highest BCUT2D eigenvalue weighted by Crippen LogP contribution is 2.32. The molecular weight excluding hydrogens is 393 g/mol. The molecule has 0 aliphatic carbocycles. The first-order chi connectivity index (χ1) is 14.4. The maximum Gasteiger partial charge on any atom is 0.488 e. The number of carbonyl (C=O) groups is 1. The average Bonchev–Trinajstić information content (AvgIpc) is 3.03. The number of aromatic amines is 1. The first kappa shape index (κ1) is 19.6. The minimum Gasteiger partial charge on any atom is -0.248 e. The summed E-state index contributed by atoms with van der Waals surface area (Å²) >= 11 is 0. The molecule has 8 heteroatoms. The number of alkyl halides is 3. The third-order valence-electron chi connectivity index (χ3n) is 4.83. The molecule has 4 rings (SSSR count). The summed E-state index contributed by atoms with van der Waals surface area (Å²) in [5.74, 6) is -0.982. The van der Waals surface area contributed by atoms with Crippen LogP contribution in [0.4, 0.5) is 19.0 Å². The maximum absolute atomic E-state index is 14.4. The van der Waals surface area contributed by atoms with E-state index in [4.69, 9.17) is 0 Å². The molecule has 5 nitrogen and oxygen atoms in total. The van der Waals surface area contributed by atoms with Crippen molar-refractivity contribution in [1.29, 1.82) is 0 Å². The lowest BCUT2D eigenvalue weighted by Crippen LogP contribution is -2.94. The lowest BCUT2D eigenvalue weighted by Gasteiger charge is -2.20. The van der Waals surface area contributed by atoms with Crippen LogP contribution in [0.1, 0.15) is 11.1 Å². The molecule has 1 aromatic heterocycles. The number of hydrogen-bond donors (Lipinski definition) is 2. The lowest BCUT2D eigenvalue weighted by molar-refractivity contribution is -0.568. The van der Waals surface area contributed by atoms with Crippen molar-refractivity contribution in [3.05, 3.63) is 96.2 Å². The minimum atomic E-state index is -4.92. The number of nitrogens with zero attached hydrogens (tertiary/aromatic N) is 1. The molecule has 3 aromatic rings. The van der Waals surface area contributed by atoms with E-state index in [1.807, 2.05) is 6.07 Å². The second-order valence-corrected chi connectivity index (χ2v) is 6.87. The Morgan fingerprint density at radius 1 is 0.900 bits per heavy atom. The van der Waals surface area contributed by atoms with Crippen molar-refractivity contribution in [3.8, 4) is 0 Å². The maximum atomic E-state index is 14.4. The molecule has 2 aromatic carbocycles. The molecule has 1 atom stereocenters. The van der Waals surface area contributed by atoms with Crippen LogP contribution in [-0.2, 0) is 11.3 Å². The van der Waals surface area contributed by atoms with E-state index in [-0.39, 0.29) is 18.2 Å². The van der Waals surface area contributed by atoms with Gasteiger partial charge in [-0.1, -0.05) is 54.6 Å². The summed E-state index contributed by atoms with van der Waals surface area (Å²) in [7, 11) is 0. The quantitative estimate of drug-likeness (QED) is 0.671. The largest absolute Gasteiger partial charge is 0.488 e. The number of halogens is 3. The predicted molar refractivity (Wildman–Crippen MR) is 104 cm³/mol. The van der Waals surface area contributed by atoms with Gasteiger partial charge in [0.15, 0.2) is 0 Å². The predicted octanol–water partition coefficient (Wildman–Crippen LogP) is 1.74. The number of amidine groups is 1. The van der Waals surface area contributed by atoms with E-state index < -0.39 is 17.7 Å². The first-order valence-corrected chi connectivity index (χ1v) is 9.29. The molecule has 0 radical (unpaired) electrons. The smallest absolute Gasteiger partial charge is 0.248 e. The van der Waals surface area contributed by atoms with Crippen molar-refractivity contribution in [1.82, 2.24) is 4.90 Å². The van der Waals surface area contributed by atoms with Gasteiger partial charge in [0.1, 0.15) is 6.54 Å². The van der Waals surface area contributed by atoms with Crippen LogP contribution in [0, 0.1) is 0 Å². The number of benzene rings is 2. The average molecular weight is 412 g/mol. The third kappa shape index (κ3) is 3.52. The fraction of sp³-hybridized carbons (Fsp3) is 0.136. The van der Waals surface area contributed by atoms with Gasteiger partial charge in [-0.15, -0.1) is 0 Å². The number of H-pyrrole nitrogens is 1. The second kappa shape index (κ2) is 7.62. The number of aromatic nitrogens is 1. The van der Waals surface area contributed by atoms with E-state index in [2.05, 4.69) is 15.3 Å². The molecule has 0 saturated carbocycles. The zero-order valence-corrected chi connectivity index (χ0v) is 15.8. The van der Waals surface area contributed by atoms with Gasteiger partial charge in [-0.05, 0) is 23.8 Å². The molecule has 1 aliphatic rings. The van der Waals surface area contributed by atoms with Crippen LogP contribution in [0.2, 0.25) is 0 Å². The van der Waals surface area contributed by atoms with Crippen LogP contribution < -0.4 is 15.3 Å². The van der Waals surface area contributed by atoms with Crippen molar-refractivity contribution in [2.45, 2.75) is 18.4 Å². The number of pyridine rings is 1. The van der Waals surface area contributed by atoms with Gasteiger partial charge in [0.05, 0.1) is 11.8 Å². The zero-order valence-electron chi connectivity index (χ0n) is 15.8. The van der Waals surface area contributed by atoms with Crippen LogP contribution in [0.15, 0.2) is 85.1 Å². The van der Waals surface area contributed by atoms with Gasteiger partial charge in [0.25, 0.3) is 11.7 Å². The van der Waals surface area contributed by atoms with Gasteiger partial charge in [-0.2, -0.15) is 18.1 Å². The van der Waals surface area contributed by atoms with Gasteiger partial charge in [-0.3, -0.25) is 0 Å². The van der Waals surface area contributed by atoms with Crippen molar-refractivity contribution in [2.75, 3.05) is 5.32 Å². The molecule has 3 N–H and O–H groups in total. The molecule has 0 unspecified atom stereocenters. The van der Waals surface area contributed by atoms with Crippen LogP contribution >= 0.6 is 0 Å². The van der Waals surface area contributed by atoms with Crippen molar-refractivity contribution < 1.29 is 27.9 Å². The van der Waals surface area contributed by atoms with Crippen molar-refractivity contribution >= 4 is 17.6 Å². The molecule has 0 spiro atoms. The van der Waals surface area contributed by atoms with Crippen molar-refractivity contribution in [2.24, 2.45) is 0 Å². The van der Waals surface area contributed by atoms with E-state index in [1.54, 1.807) is 66.7 Å². The Labute approximate surface area is 170 Å². The van der Waals surface area contributed by atoms with Crippen LogP contribution in [0.25, 0.3) is 0 Å². The molecule has 2 heterocycles. The van der Waals surface area contributed by atoms with Crippen LogP contribution in [0.5, 0.6) is 0 Å². The highest BCUT2D eigenvalue weighted by molar-refractivity contribution is 6.11. The minimum absolute atomic E-state index is 0.00504. The molecule has 1 aliphatic heterocycles. The number of carbonyl (C=O) groups excluding carboxylic acids is 1. The highest BCUT2D eigenvalue weighted by atomic mass is 19.4. The van der Waals surface area contributed by atoms with Crippen LogP contribution in [-0.4, -0.2) is 28.5 Å². The molecule has 0 bridgehead atoms. The Hall–Kier alpha value is -3.68. The first-order valence-electron chi connectivity index (χ1n) is 9.29. The number of hydrogen-bond acceptors (Lipinski definition) is 2. The van der Waals surface area contributed by atoms with E-state index in [0.29, 0.717) is 11.1 Å². The second-order valence-electron chi connectivity index (χ2n) is 6.87. The van der Waals surface area contributed by atoms with Gasteiger partial charge in [0.2, 0.25) is 0 Å². The summed E-state index contributed by atoms with van der Waals surface area (Å²) in [6, 6.07) is 22.0. The Morgan fingerprint density at radius 3 is 2.13 bits per heavy atom. The standard InChI is InChI=1S/C22H17F3N4O/c23-22(24,25)21(27-18-13-7-8-14-26-18)20(30)29(15-16-9-3-1-4-10-16)19(28-21)17-11-5-2-6-12-17/h1-14H,15H2,(H,26,27)/p+2/t21-/m1/s1. The van der Waals surface area contributed by atoms with Crippen molar-refractivity contribution in [3.63, 3.8) is 0 Å². The fourth-order valence-electron chi connectivity index (χ4n) is 3.36. The molecular formula is C22H19F3N4O+2. The number of nitrogens with one attached hydrogen (secondary N) is 3. The summed E-state index contributed by atoms with van der Waals surface area (Å²) in [6.07, 6.45) is -3.44. The summed E-state index contributed by atoms with van der Waals surface area (Å²) in [5.41, 5.74) is -1.82. The SMILES string of the molecule is O=C1N(Cc2ccccc2)C(c2ccccc2)=[NH+][C@@]1(Nc1cccc[nH+]1)C(F)(F)F. The van der Waals surface area contributed by atoms with E-state index in [9.17, 15) is 18.0 Å². The Bertz CT molecular complexity index is 1060. The topological polar surface area (TPSA) is 60.5 Å². The van der Waals surface area contributed by atoms with E-state index in [1.165, 1.54) is 12.3 Å². The number of amides is 1. The zero-order chi connectivity index (χ0) is 21.2. The molecule has 0 saturated heterocycles. The summed E-state index contributed by atoms with van der Waals surface area (Å²) in [6.45, 7) is -0.00504. The molecule has 0 fully saturated rings. The monoisotopic (exact) mass is 412 g/mol. The molecule has 152 valence electrons. The summed E-state index contributed by atoms with van der Waals surface area (Å²) in [4.78, 5) is 19.6. The third-order valence-corrected chi connectivity index (χ3v) is 4.83. The normalized spacial score (nSPS) is 19.0. The van der Waals surface area contributed by atoms with Gasteiger partial charge < -0.3 is 0 Å². The van der Waals surface area contributed by atoms with E-state index >= 15 is 0 Å². The Morgan fingerprint density at radius 2 is 1.53 bits per heavy atom. The summed E-state index contributed by atoms with van der Waals surface area (Å²) < 4.78 is 43.1.